The lowest BCUT2D eigenvalue weighted by Gasteiger charge is -2.06. The first kappa shape index (κ1) is 18.6. The van der Waals surface area contributed by atoms with Crippen molar-refractivity contribution in [2.75, 3.05) is 0 Å². The number of rotatable bonds is 2. The van der Waals surface area contributed by atoms with Gasteiger partial charge in [-0.1, -0.05) is 41.4 Å². The van der Waals surface area contributed by atoms with Crippen molar-refractivity contribution in [2.45, 2.75) is 0 Å². The van der Waals surface area contributed by atoms with Crippen molar-refractivity contribution in [3.63, 3.8) is 0 Å². The average Bonchev–Trinajstić information content (AvgIpc) is 2.83. The van der Waals surface area contributed by atoms with E-state index >= 15 is 0 Å². The minimum Gasteiger partial charge on any atom is -0.454 e. The van der Waals surface area contributed by atoms with E-state index in [4.69, 9.17) is 10.3 Å². The fraction of sp³-hybridized carbons (Fsp3) is 0. The highest BCUT2D eigenvalue weighted by molar-refractivity contribution is 5.85. The first-order valence-corrected chi connectivity index (χ1v) is 9.56. The fourth-order valence-corrected chi connectivity index (χ4v) is 3.30. The maximum absolute atomic E-state index is 6.17. The van der Waals surface area contributed by atoms with Crippen molar-refractivity contribution in [2.24, 2.45) is 11.1 Å². The molecule has 0 aliphatic carbocycles. The molecule has 5 aromatic rings. The second kappa shape index (κ2) is 8.11. The van der Waals surface area contributed by atoms with Gasteiger partial charge in [-0.3, -0.25) is 4.98 Å². The molecule has 0 saturated carbocycles. The van der Waals surface area contributed by atoms with E-state index in [0.29, 0.717) is 28.1 Å². The summed E-state index contributed by atoms with van der Waals surface area (Å²) >= 11 is 0. The van der Waals surface area contributed by atoms with Gasteiger partial charge in [0.2, 0.25) is 0 Å². The van der Waals surface area contributed by atoms with Gasteiger partial charge in [-0.15, -0.1) is 5.90 Å². The van der Waals surface area contributed by atoms with Gasteiger partial charge in [0.1, 0.15) is 22.3 Å². The van der Waals surface area contributed by atoms with Crippen molar-refractivity contribution in [1.82, 2.24) is 9.97 Å². The number of hydrogen-bond donors (Lipinski definition) is 1. The zero-order valence-electron chi connectivity index (χ0n) is 16.3. The summed E-state index contributed by atoms with van der Waals surface area (Å²) in [6.45, 7) is 0. The summed E-state index contributed by atoms with van der Waals surface area (Å²) in [4.78, 5) is 13.3. The lowest BCUT2D eigenvalue weighted by Crippen LogP contribution is -2.07. The van der Waals surface area contributed by atoms with Crippen LogP contribution in [-0.2, 0) is 4.94 Å². The Morgan fingerprint density at radius 2 is 1.74 bits per heavy atom. The third-order valence-electron chi connectivity index (χ3n) is 4.78. The van der Waals surface area contributed by atoms with Gasteiger partial charge < -0.3 is 9.36 Å². The van der Waals surface area contributed by atoms with E-state index in [1.54, 1.807) is 12.3 Å². The number of nitrogens with zero attached hydrogens (tertiary/aromatic N) is 3. The third kappa shape index (κ3) is 3.86. The second-order valence-electron chi connectivity index (χ2n) is 6.79. The van der Waals surface area contributed by atoms with E-state index in [1.165, 1.54) is 0 Å². The van der Waals surface area contributed by atoms with Crippen LogP contribution in [-0.4, -0.2) is 9.97 Å². The molecule has 2 aromatic carbocycles. The molecule has 0 fully saturated rings. The Morgan fingerprint density at radius 3 is 2.58 bits per heavy atom. The molecule has 0 bridgehead atoms. The largest absolute Gasteiger partial charge is 0.454 e. The number of nitrogens with two attached hydrogens (primary N) is 1. The molecule has 0 unspecified atom stereocenters. The van der Waals surface area contributed by atoms with Crippen LogP contribution in [0.5, 0.6) is 0 Å². The molecule has 0 atom stereocenters. The predicted molar refractivity (Wildman–Crippen MR) is 118 cm³/mol. The number of fused-ring (bicyclic) bond motifs is 2. The van der Waals surface area contributed by atoms with Gasteiger partial charge in [-0.05, 0) is 47.7 Å². The zero-order chi connectivity index (χ0) is 21.0. The lowest BCUT2D eigenvalue weighted by atomic mass is 10.1. The first-order chi connectivity index (χ1) is 15.3. The van der Waals surface area contributed by atoms with Crippen LogP contribution in [0.15, 0.2) is 94.8 Å². The number of aromatic nitrogens is 2. The highest BCUT2D eigenvalue weighted by Crippen LogP contribution is 2.24. The van der Waals surface area contributed by atoms with Crippen LogP contribution in [0.3, 0.4) is 0 Å². The Morgan fingerprint density at radius 1 is 0.871 bits per heavy atom. The number of hydrogen-bond acceptors (Lipinski definition) is 6. The van der Waals surface area contributed by atoms with Crippen molar-refractivity contribution in [1.29, 1.82) is 0 Å². The van der Waals surface area contributed by atoms with Crippen LogP contribution >= 0.6 is 0 Å². The molecule has 6 nitrogen and oxygen atoms in total. The minimum absolute atomic E-state index is 0.540. The normalized spacial score (nSPS) is 11.3. The summed E-state index contributed by atoms with van der Waals surface area (Å²) in [6, 6.07) is 23.0. The Labute approximate surface area is 177 Å². The average molecular weight is 404 g/mol. The summed E-state index contributed by atoms with van der Waals surface area (Å²) in [5.41, 5.74) is 2.75. The van der Waals surface area contributed by atoms with E-state index in [0.717, 1.165) is 21.7 Å². The van der Waals surface area contributed by atoms with Gasteiger partial charge in [0.25, 0.3) is 0 Å². The third-order valence-corrected chi connectivity index (χ3v) is 4.78. The molecule has 0 aliphatic heterocycles. The van der Waals surface area contributed by atoms with Gasteiger partial charge in [0.05, 0.1) is 0 Å². The molecular formula is C25H16N4O2. The molecule has 3 heterocycles. The van der Waals surface area contributed by atoms with Crippen LogP contribution in [0.4, 0.5) is 0 Å². The van der Waals surface area contributed by atoms with Gasteiger partial charge in [0.15, 0.2) is 5.76 Å². The van der Waals surface area contributed by atoms with E-state index in [-0.39, 0.29) is 0 Å². The van der Waals surface area contributed by atoms with Crippen LogP contribution in [0, 0.1) is 11.8 Å². The van der Waals surface area contributed by atoms with Gasteiger partial charge in [-0.25, -0.2) is 4.98 Å². The van der Waals surface area contributed by atoms with Crippen LogP contribution in [0.2, 0.25) is 0 Å². The molecule has 148 valence electrons. The molecule has 6 heteroatoms. The molecule has 2 N–H and O–H groups in total. The van der Waals surface area contributed by atoms with E-state index < -0.39 is 0 Å². The first-order valence-electron chi connectivity index (χ1n) is 9.56. The maximum Gasteiger partial charge on any atom is 0.155 e. The summed E-state index contributed by atoms with van der Waals surface area (Å²) in [6.07, 6.45) is 3.53. The van der Waals surface area contributed by atoms with Gasteiger partial charge in [-0.2, -0.15) is 0 Å². The van der Waals surface area contributed by atoms with Crippen molar-refractivity contribution < 1.29 is 9.36 Å². The molecule has 5 rings (SSSR count). The van der Waals surface area contributed by atoms with Crippen molar-refractivity contribution in [3.8, 4) is 23.3 Å². The molecule has 0 saturated heterocycles. The topological polar surface area (TPSA) is 86.5 Å². The van der Waals surface area contributed by atoms with Gasteiger partial charge >= 0.3 is 0 Å². The molecule has 0 spiro atoms. The second-order valence-corrected chi connectivity index (χ2v) is 6.79. The molecule has 0 radical (unpaired) electrons. The smallest absolute Gasteiger partial charge is 0.155 e. The monoisotopic (exact) mass is 404 g/mol. The van der Waals surface area contributed by atoms with Gasteiger partial charge in [0, 0.05) is 34.8 Å². The molecule has 3 aromatic heterocycles. The zero-order valence-corrected chi connectivity index (χ0v) is 16.3. The molecule has 31 heavy (non-hydrogen) atoms. The summed E-state index contributed by atoms with van der Waals surface area (Å²) in [7, 11) is 0. The SMILES string of the molecule is NON=c1cc(-c2cc3ccccc3cn2)oc2cc(C#Cc3ccccn3)ccc12. The summed E-state index contributed by atoms with van der Waals surface area (Å²) in [5.74, 6) is 11.9. The molecule has 0 amide bonds. The minimum atomic E-state index is 0.540. The summed E-state index contributed by atoms with van der Waals surface area (Å²) < 4.78 is 6.17. The Bertz CT molecular complexity index is 1530. The Hall–Kier alpha value is -4.47. The Kier molecular flexibility index (Phi) is 4.85. The van der Waals surface area contributed by atoms with Crippen molar-refractivity contribution >= 4 is 21.7 Å². The maximum atomic E-state index is 6.17. The van der Waals surface area contributed by atoms with E-state index in [2.05, 4.69) is 31.9 Å². The quantitative estimate of drug-likeness (QED) is 0.353. The van der Waals surface area contributed by atoms with Crippen molar-refractivity contribution in [3.05, 3.63) is 102 Å². The lowest BCUT2D eigenvalue weighted by molar-refractivity contribution is 0.138. The summed E-state index contributed by atoms with van der Waals surface area (Å²) in [5, 5.41) is 7.35. The predicted octanol–water partition coefficient (Wildman–Crippen LogP) is 4.15. The van der Waals surface area contributed by atoms with Crippen LogP contribution in [0.1, 0.15) is 11.3 Å². The highest BCUT2D eigenvalue weighted by Gasteiger charge is 2.09. The Balaban J connectivity index is 1.65. The molecular weight excluding hydrogens is 388 g/mol. The van der Waals surface area contributed by atoms with E-state index in [9.17, 15) is 0 Å². The highest BCUT2D eigenvalue weighted by atomic mass is 16.7. The number of pyridine rings is 2. The van der Waals surface area contributed by atoms with Crippen LogP contribution in [0.25, 0.3) is 33.2 Å². The van der Waals surface area contributed by atoms with Crippen LogP contribution < -0.4 is 11.3 Å². The molecule has 0 aliphatic rings. The van der Waals surface area contributed by atoms with E-state index in [1.807, 2.05) is 72.9 Å². The fourth-order valence-electron chi connectivity index (χ4n) is 3.30. The standard InChI is InChI=1S/C25H16N4O2/c26-31-29-22-15-25(23-14-18-5-1-2-6-19(18)16-28-23)30-24-13-17(9-11-21(22)24)8-10-20-7-3-4-12-27-20/h1-7,9,11-16H,26H2. The number of benzene rings is 2.